The van der Waals surface area contributed by atoms with Crippen LogP contribution in [0.15, 0.2) is 23.2 Å². The summed E-state index contributed by atoms with van der Waals surface area (Å²) in [7, 11) is 3.21. The number of aryl methyl sites for hydroxylation is 1. The molecule has 0 unspecified atom stereocenters. The first-order chi connectivity index (χ1) is 11.7. The second kappa shape index (κ2) is 7.20. The highest BCUT2D eigenvalue weighted by Gasteiger charge is 2.15. The molecule has 3 N–H and O–H groups in total. The number of ether oxygens (including phenoxy) is 2. The van der Waals surface area contributed by atoms with E-state index < -0.39 is 0 Å². The summed E-state index contributed by atoms with van der Waals surface area (Å²) in [5.41, 5.74) is 6.69. The smallest absolute Gasteiger partial charge is 0.193 e. The van der Waals surface area contributed by atoms with Crippen LogP contribution in [0.5, 0.6) is 11.5 Å². The van der Waals surface area contributed by atoms with Crippen molar-refractivity contribution in [1.82, 2.24) is 14.8 Å². The fourth-order valence-corrected chi connectivity index (χ4v) is 2.73. The number of aromatic nitrogens is 3. The average Bonchev–Trinajstić information content (AvgIpc) is 3.03. The Morgan fingerprint density at radius 3 is 2.96 bits per heavy atom. The van der Waals surface area contributed by atoms with Gasteiger partial charge in [-0.2, -0.15) is 0 Å². The van der Waals surface area contributed by atoms with Gasteiger partial charge in [0.25, 0.3) is 0 Å². The Hall–Kier alpha value is -2.77. The van der Waals surface area contributed by atoms with Crippen LogP contribution in [0.2, 0.25) is 0 Å². The van der Waals surface area contributed by atoms with Crippen LogP contribution >= 0.6 is 0 Å². The molecule has 8 nitrogen and oxygen atoms in total. The Labute approximate surface area is 140 Å². The van der Waals surface area contributed by atoms with Gasteiger partial charge in [0, 0.05) is 19.0 Å². The SMILES string of the molecule is COc1ccc(OC)c(NC(N)=NCc2nnc3n2CCCC3)c1. The number of fused-ring (bicyclic) bond motifs is 1. The first-order valence-corrected chi connectivity index (χ1v) is 7.91. The molecule has 0 fully saturated rings. The second-order valence-electron chi connectivity index (χ2n) is 5.53. The zero-order chi connectivity index (χ0) is 16.9. The third-order valence-corrected chi connectivity index (χ3v) is 4.00. The monoisotopic (exact) mass is 330 g/mol. The van der Waals surface area contributed by atoms with E-state index in [0.717, 1.165) is 31.0 Å². The van der Waals surface area contributed by atoms with E-state index in [-0.39, 0.29) is 5.96 Å². The Bertz CT molecular complexity index is 740. The fourth-order valence-electron chi connectivity index (χ4n) is 2.73. The van der Waals surface area contributed by atoms with E-state index in [1.54, 1.807) is 20.3 Å². The number of anilines is 1. The Morgan fingerprint density at radius 1 is 1.29 bits per heavy atom. The maximum absolute atomic E-state index is 6.00. The summed E-state index contributed by atoms with van der Waals surface area (Å²) in [5, 5.41) is 11.5. The zero-order valence-electron chi connectivity index (χ0n) is 14.0. The fraction of sp³-hybridized carbons (Fsp3) is 0.438. The molecule has 2 aromatic rings. The first-order valence-electron chi connectivity index (χ1n) is 7.91. The molecular weight excluding hydrogens is 308 g/mol. The Morgan fingerprint density at radius 2 is 2.17 bits per heavy atom. The van der Waals surface area contributed by atoms with Gasteiger partial charge >= 0.3 is 0 Å². The molecule has 0 aliphatic carbocycles. The molecule has 1 aliphatic heterocycles. The lowest BCUT2D eigenvalue weighted by atomic mass is 10.2. The van der Waals surface area contributed by atoms with Gasteiger partial charge in [-0.3, -0.25) is 0 Å². The summed E-state index contributed by atoms with van der Waals surface area (Å²) in [6.07, 6.45) is 3.29. The number of nitrogens with two attached hydrogens (primary N) is 1. The van der Waals surface area contributed by atoms with Gasteiger partial charge in [-0.1, -0.05) is 0 Å². The topological polar surface area (TPSA) is 99.6 Å². The normalized spacial score (nSPS) is 14.2. The Balaban J connectivity index is 1.72. The van der Waals surface area contributed by atoms with Crippen molar-refractivity contribution in [3.63, 3.8) is 0 Å². The highest BCUT2D eigenvalue weighted by molar-refractivity contribution is 5.93. The minimum absolute atomic E-state index is 0.287. The molecule has 8 heteroatoms. The van der Waals surface area contributed by atoms with Crippen molar-refractivity contribution in [2.75, 3.05) is 19.5 Å². The Kier molecular flexibility index (Phi) is 4.83. The summed E-state index contributed by atoms with van der Waals surface area (Å²) in [5.74, 6) is 3.53. The van der Waals surface area contributed by atoms with E-state index in [9.17, 15) is 0 Å². The van der Waals surface area contributed by atoms with Crippen molar-refractivity contribution in [1.29, 1.82) is 0 Å². The number of guanidine groups is 1. The van der Waals surface area contributed by atoms with Gasteiger partial charge in [-0.25, -0.2) is 4.99 Å². The highest BCUT2D eigenvalue weighted by Crippen LogP contribution is 2.28. The number of rotatable bonds is 5. The number of nitrogens with one attached hydrogen (secondary N) is 1. The maximum Gasteiger partial charge on any atom is 0.193 e. The van der Waals surface area contributed by atoms with Crippen LogP contribution in [0.25, 0.3) is 0 Å². The highest BCUT2D eigenvalue weighted by atomic mass is 16.5. The summed E-state index contributed by atoms with van der Waals surface area (Å²) < 4.78 is 12.7. The summed E-state index contributed by atoms with van der Waals surface area (Å²) in [6.45, 7) is 1.34. The standard InChI is InChI=1S/C16H22N6O2/c1-23-11-6-7-13(24-2)12(9-11)19-16(17)18-10-15-21-20-14-5-3-4-8-22(14)15/h6-7,9H,3-5,8,10H2,1-2H3,(H3,17,18,19). The predicted molar refractivity (Wildman–Crippen MR) is 91.5 cm³/mol. The van der Waals surface area contributed by atoms with Gasteiger partial charge in [0.15, 0.2) is 11.8 Å². The van der Waals surface area contributed by atoms with Gasteiger partial charge in [0.05, 0.1) is 19.9 Å². The van der Waals surface area contributed by atoms with Crippen molar-refractivity contribution >= 4 is 11.6 Å². The minimum Gasteiger partial charge on any atom is -0.497 e. The molecule has 1 aromatic carbocycles. The van der Waals surface area contributed by atoms with Gasteiger partial charge in [0.2, 0.25) is 0 Å². The van der Waals surface area contributed by atoms with E-state index in [1.165, 1.54) is 6.42 Å². The van der Waals surface area contributed by atoms with Crippen molar-refractivity contribution in [3.8, 4) is 11.5 Å². The lowest BCUT2D eigenvalue weighted by Gasteiger charge is -2.14. The van der Waals surface area contributed by atoms with Crippen molar-refractivity contribution < 1.29 is 9.47 Å². The second-order valence-corrected chi connectivity index (χ2v) is 5.53. The molecule has 2 heterocycles. The molecule has 1 aromatic heterocycles. The number of aliphatic imine (C=N–C) groups is 1. The molecule has 0 saturated carbocycles. The van der Waals surface area contributed by atoms with Gasteiger partial charge in [0.1, 0.15) is 23.9 Å². The number of methoxy groups -OCH3 is 2. The number of hydrogen-bond donors (Lipinski definition) is 2. The molecule has 0 bridgehead atoms. The maximum atomic E-state index is 6.00. The summed E-state index contributed by atoms with van der Waals surface area (Å²) >= 11 is 0. The van der Waals surface area contributed by atoms with Gasteiger partial charge < -0.3 is 25.1 Å². The molecule has 0 spiro atoms. The third-order valence-electron chi connectivity index (χ3n) is 4.00. The van der Waals surface area contributed by atoms with Crippen molar-refractivity contribution in [2.24, 2.45) is 10.7 Å². The zero-order valence-corrected chi connectivity index (χ0v) is 14.0. The van der Waals surface area contributed by atoms with Crippen molar-refractivity contribution in [3.05, 3.63) is 29.8 Å². The molecule has 0 amide bonds. The van der Waals surface area contributed by atoms with Gasteiger partial charge in [-0.15, -0.1) is 10.2 Å². The summed E-state index contributed by atoms with van der Waals surface area (Å²) in [6, 6.07) is 5.43. The molecular formula is C16H22N6O2. The summed E-state index contributed by atoms with van der Waals surface area (Å²) in [4.78, 5) is 4.36. The van der Waals surface area contributed by atoms with Crippen LogP contribution in [-0.4, -0.2) is 34.9 Å². The first kappa shape index (κ1) is 16.1. The molecule has 1 aliphatic rings. The largest absolute Gasteiger partial charge is 0.497 e. The lowest BCUT2D eigenvalue weighted by molar-refractivity contribution is 0.405. The minimum atomic E-state index is 0.287. The van der Waals surface area contributed by atoms with Crippen LogP contribution in [-0.2, 0) is 19.5 Å². The van der Waals surface area contributed by atoms with Gasteiger partial charge in [-0.05, 0) is 25.0 Å². The van der Waals surface area contributed by atoms with E-state index in [4.69, 9.17) is 15.2 Å². The molecule has 0 radical (unpaired) electrons. The van der Waals surface area contributed by atoms with E-state index in [1.807, 2.05) is 12.1 Å². The third kappa shape index (κ3) is 3.42. The van der Waals surface area contributed by atoms with E-state index in [2.05, 4.69) is 25.1 Å². The van der Waals surface area contributed by atoms with Crippen LogP contribution in [0.3, 0.4) is 0 Å². The molecule has 128 valence electrons. The molecule has 3 rings (SSSR count). The van der Waals surface area contributed by atoms with Crippen LogP contribution in [0, 0.1) is 0 Å². The molecule has 0 saturated heterocycles. The average molecular weight is 330 g/mol. The molecule has 0 atom stereocenters. The van der Waals surface area contributed by atoms with Crippen LogP contribution < -0.4 is 20.5 Å². The van der Waals surface area contributed by atoms with E-state index >= 15 is 0 Å². The van der Waals surface area contributed by atoms with E-state index in [0.29, 0.717) is 23.7 Å². The quantitative estimate of drug-likeness (QED) is 0.637. The van der Waals surface area contributed by atoms with Crippen LogP contribution in [0.1, 0.15) is 24.5 Å². The van der Waals surface area contributed by atoms with Crippen molar-refractivity contribution in [2.45, 2.75) is 32.4 Å². The predicted octanol–water partition coefficient (Wildman–Crippen LogP) is 1.56. The van der Waals surface area contributed by atoms with Crippen LogP contribution in [0.4, 0.5) is 5.69 Å². The number of hydrogen-bond acceptors (Lipinski definition) is 5. The number of nitrogens with zero attached hydrogens (tertiary/aromatic N) is 4. The lowest BCUT2D eigenvalue weighted by Crippen LogP contribution is -2.23. The molecule has 24 heavy (non-hydrogen) atoms. The number of benzene rings is 1.